The molecule has 6 heteroatoms. The van der Waals surface area contributed by atoms with Gasteiger partial charge in [-0.25, -0.2) is 4.79 Å². The van der Waals surface area contributed by atoms with Gasteiger partial charge in [0.15, 0.2) is 0 Å². The second kappa shape index (κ2) is 6.16. The number of benzene rings is 1. The first-order valence-corrected chi connectivity index (χ1v) is 7.25. The summed E-state index contributed by atoms with van der Waals surface area (Å²) in [7, 11) is 1.31. The van der Waals surface area contributed by atoms with E-state index >= 15 is 0 Å². The van der Waals surface area contributed by atoms with Gasteiger partial charge >= 0.3 is 5.97 Å². The number of methoxy groups -OCH3 is 1. The normalized spacial score (nSPS) is 10.0. The van der Waals surface area contributed by atoms with Gasteiger partial charge in [-0.2, -0.15) is 0 Å². The minimum absolute atomic E-state index is 0.232. The number of anilines is 1. The van der Waals surface area contributed by atoms with Crippen LogP contribution in [0.3, 0.4) is 0 Å². The van der Waals surface area contributed by atoms with Crippen LogP contribution < -0.4 is 5.32 Å². The number of ether oxygens (including phenoxy) is 1. The number of halogens is 1. The smallest absolute Gasteiger partial charge is 0.348 e. The van der Waals surface area contributed by atoms with Crippen LogP contribution in [0.25, 0.3) is 0 Å². The van der Waals surface area contributed by atoms with Crippen LogP contribution in [-0.4, -0.2) is 19.0 Å². The van der Waals surface area contributed by atoms with Gasteiger partial charge in [0, 0.05) is 3.57 Å². The minimum Gasteiger partial charge on any atom is -0.465 e. The van der Waals surface area contributed by atoms with Gasteiger partial charge < -0.3 is 10.1 Å². The summed E-state index contributed by atoms with van der Waals surface area (Å²) in [5.41, 5.74) is 0.751. The summed E-state index contributed by atoms with van der Waals surface area (Å²) in [4.78, 5) is 24.2. The van der Waals surface area contributed by atoms with E-state index < -0.39 is 5.97 Å². The topological polar surface area (TPSA) is 55.4 Å². The maximum atomic E-state index is 12.0. The lowest BCUT2D eigenvalue weighted by Gasteiger charge is -2.05. The van der Waals surface area contributed by atoms with Gasteiger partial charge in [0.05, 0.1) is 17.7 Å². The fourth-order valence-electron chi connectivity index (χ4n) is 1.42. The van der Waals surface area contributed by atoms with Crippen LogP contribution in [0, 0.1) is 3.57 Å². The summed E-state index contributed by atoms with van der Waals surface area (Å²) in [6.07, 6.45) is 0. The molecular weight excluding hydrogens is 377 g/mol. The van der Waals surface area contributed by atoms with Crippen molar-refractivity contribution < 1.29 is 14.3 Å². The molecule has 0 aliphatic rings. The second-order valence-corrected chi connectivity index (χ2v) is 5.84. The molecule has 0 saturated carbocycles. The highest BCUT2D eigenvalue weighted by Gasteiger charge is 2.14. The van der Waals surface area contributed by atoms with E-state index in [1.807, 2.05) is 24.3 Å². The number of carbonyl (C=O) groups excluding carboxylic acids is 2. The molecule has 1 aromatic carbocycles. The molecule has 4 nitrogen and oxygen atoms in total. The number of amides is 1. The fourth-order valence-corrected chi connectivity index (χ4v) is 2.76. The van der Waals surface area contributed by atoms with Crippen molar-refractivity contribution in [1.82, 2.24) is 0 Å². The van der Waals surface area contributed by atoms with Crippen molar-refractivity contribution in [2.75, 3.05) is 12.4 Å². The van der Waals surface area contributed by atoms with Gasteiger partial charge in [-0.05, 0) is 46.9 Å². The van der Waals surface area contributed by atoms with Crippen LogP contribution in [0.2, 0.25) is 0 Å². The van der Waals surface area contributed by atoms with Gasteiger partial charge in [-0.15, -0.1) is 11.3 Å². The Bertz CT molecular complexity index is 624. The zero-order valence-electron chi connectivity index (χ0n) is 9.98. The Kier molecular flexibility index (Phi) is 4.54. The molecule has 1 amide bonds. The van der Waals surface area contributed by atoms with E-state index in [0.717, 1.165) is 20.6 Å². The predicted molar refractivity (Wildman–Crippen MR) is 82.8 cm³/mol. The monoisotopic (exact) mass is 387 g/mol. The highest BCUT2D eigenvalue weighted by atomic mass is 127. The Morgan fingerprint density at radius 1 is 1.16 bits per heavy atom. The van der Waals surface area contributed by atoms with E-state index in [0.29, 0.717) is 9.75 Å². The van der Waals surface area contributed by atoms with Gasteiger partial charge in [0.25, 0.3) is 5.91 Å². The molecular formula is C13H10INO3S. The van der Waals surface area contributed by atoms with E-state index in [2.05, 4.69) is 32.6 Å². The molecule has 0 bridgehead atoms. The molecule has 0 atom stereocenters. The SMILES string of the molecule is COC(=O)c1ccc(C(=O)Nc2ccccc2I)s1. The fraction of sp³-hybridized carbons (Fsp3) is 0.0769. The Labute approximate surface area is 127 Å². The third-order valence-electron chi connectivity index (χ3n) is 2.34. The first-order chi connectivity index (χ1) is 9.11. The minimum atomic E-state index is -0.432. The van der Waals surface area contributed by atoms with Crippen LogP contribution in [0.15, 0.2) is 36.4 Å². The van der Waals surface area contributed by atoms with E-state index in [-0.39, 0.29) is 5.91 Å². The molecule has 0 fully saturated rings. The summed E-state index contributed by atoms with van der Waals surface area (Å²) in [5, 5.41) is 2.81. The molecule has 0 saturated heterocycles. The lowest BCUT2D eigenvalue weighted by Crippen LogP contribution is -2.11. The summed E-state index contributed by atoms with van der Waals surface area (Å²) in [6, 6.07) is 10.7. The molecule has 0 aliphatic heterocycles. The van der Waals surface area contributed by atoms with E-state index in [4.69, 9.17) is 0 Å². The standard InChI is InChI=1S/C13H10INO3S/c1-18-13(17)11-7-6-10(19-11)12(16)15-9-5-3-2-4-8(9)14/h2-7H,1H3,(H,15,16). The first-order valence-electron chi connectivity index (χ1n) is 5.36. The number of hydrogen-bond acceptors (Lipinski definition) is 4. The van der Waals surface area contributed by atoms with Gasteiger partial charge in [0.2, 0.25) is 0 Å². The zero-order valence-corrected chi connectivity index (χ0v) is 12.9. The molecule has 1 heterocycles. The molecule has 0 unspecified atom stereocenters. The Morgan fingerprint density at radius 2 is 1.84 bits per heavy atom. The number of nitrogens with one attached hydrogen (secondary N) is 1. The molecule has 1 aromatic heterocycles. The molecule has 98 valence electrons. The van der Waals surface area contributed by atoms with Crippen molar-refractivity contribution >= 4 is 51.5 Å². The number of hydrogen-bond donors (Lipinski definition) is 1. The van der Waals surface area contributed by atoms with Gasteiger partial charge in [-0.3, -0.25) is 4.79 Å². The van der Waals surface area contributed by atoms with Gasteiger partial charge in [-0.1, -0.05) is 12.1 Å². The quantitative estimate of drug-likeness (QED) is 0.649. The second-order valence-electron chi connectivity index (χ2n) is 3.59. The van der Waals surface area contributed by atoms with Crippen molar-refractivity contribution in [3.63, 3.8) is 0 Å². The van der Waals surface area contributed by atoms with Crippen LogP contribution in [-0.2, 0) is 4.74 Å². The lowest BCUT2D eigenvalue weighted by molar-refractivity contribution is 0.0606. The number of esters is 1. The third-order valence-corrected chi connectivity index (χ3v) is 4.34. The molecule has 0 radical (unpaired) electrons. The highest BCUT2D eigenvalue weighted by Crippen LogP contribution is 2.21. The van der Waals surface area contributed by atoms with Crippen molar-refractivity contribution in [3.8, 4) is 0 Å². The van der Waals surface area contributed by atoms with Crippen LogP contribution in [0.5, 0.6) is 0 Å². The number of para-hydroxylation sites is 1. The van der Waals surface area contributed by atoms with E-state index in [1.54, 1.807) is 12.1 Å². The average molecular weight is 387 g/mol. The number of thiophene rings is 1. The molecule has 0 aliphatic carbocycles. The largest absolute Gasteiger partial charge is 0.465 e. The van der Waals surface area contributed by atoms with Crippen LogP contribution >= 0.6 is 33.9 Å². The molecule has 0 spiro atoms. The van der Waals surface area contributed by atoms with Crippen molar-refractivity contribution in [3.05, 3.63) is 49.7 Å². The van der Waals surface area contributed by atoms with E-state index in [9.17, 15) is 9.59 Å². The summed E-state index contributed by atoms with van der Waals surface area (Å²) < 4.78 is 5.56. The van der Waals surface area contributed by atoms with Crippen LogP contribution in [0.1, 0.15) is 19.3 Å². The van der Waals surface area contributed by atoms with Gasteiger partial charge in [0.1, 0.15) is 4.88 Å². The maximum absolute atomic E-state index is 12.0. The molecule has 19 heavy (non-hydrogen) atoms. The molecule has 2 rings (SSSR count). The van der Waals surface area contributed by atoms with Crippen LogP contribution in [0.4, 0.5) is 5.69 Å². The van der Waals surface area contributed by atoms with Crippen molar-refractivity contribution in [2.45, 2.75) is 0 Å². The molecule has 1 N–H and O–H groups in total. The first kappa shape index (κ1) is 14.0. The van der Waals surface area contributed by atoms with Crippen molar-refractivity contribution in [2.24, 2.45) is 0 Å². The average Bonchev–Trinajstić information content (AvgIpc) is 2.90. The Morgan fingerprint density at radius 3 is 2.53 bits per heavy atom. The number of carbonyl (C=O) groups is 2. The predicted octanol–water partition coefficient (Wildman–Crippen LogP) is 3.39. The highest BCUT2D eigenvalue weighted by molar-refractivity contribution is 14.1. The summed E-state index contributed by atoms with van der Waals surface area (Å²) in [6.45, 7) is 0. The third kappa shape index (κ3) is 3.32. The maximum Gasteiger partial charge on any atom is 0.348 e. The lowest BCUT2D eigenvalue weighted by atomic mass is 10.3. The van der Waals surface area contributed by atoms with E-state index in [1.165, 1.54) is 7.11 Å². The Balaban J connectivity index is 2.15. The summed E-state index contributed by atoms with van der Waals surface area (Å²) >= 11 is 3.26. The molecule has 2 aromatic rings. The Hall–Kier alpha value is -1.41. The number of rotatable bonds is 3. The van der Waals surface area contributed by atoms with Crippen molar-refractivity contribution in [1.29, 1.82) is 0 Å². The zero-order chi connectivity index (χ0) is 13.8. The summed E-state index contributed by atoms with van der Waals surface area (Å²) in [5.74, 6) is -0.664.